The second-order valence-electron chi connectivity index (χ2n) is 38.5. The minimum absolute atomic E-state index is 0.909. The average molecular weight is 1860 g/mol. The van der Waals surface area contributed by atoms with Gasteiger partial charge in [-0.3, -0.25) is 28.2 Å². The number of pyridine rings is 6. The Hall–Kier alpha value is -19.7. The highest BCUT2D eigenvalue weighted by atomic mass is 16.3. The van der Waals surface area contributed by atoms with Crippen LogP contribution in [0.5, 0.6) is 0 Å². The Bertz CT molecular complexity index is 11500. The van der Waals surface area contributed by atoms with Crippen LogP contribution in [0.1, 0.15) is 0 Å². The number of rotatable bonds is 6. The van der Waals surface area contributed by atoms with Crippen LogP contribution in [0.15, 0.2) is 484 Å². The predicted octanol–water partition coefficient (Wildman–Crippen LogP) is 36.0. The molecule has 23 aromatic carbocycles. The van der Waals surface area contributed by atoms with E-state index in [1.807, 2.05) is 48.9 Å². The number of hydrogen-bond acceptors (Lipinski definition) is 7. The van der Waals surface area contributed by atoms with E-state index < -0.39 is 0 Å². The van der Waals surface area contributed by atoms with E-state index in [1.54, 1.807) is 0 Å². The molecule has 0 bridgehead atoms. The van der Waals surface area contributed by atoms with Crippen molar-refractivity contribution in [3.8, 4) is 66.8 Å². The summed E-state index contributed by atoms with van der Waals surface area (Å²) in [6, 6.07) is 166. The Balaban J connectivity index is 0.0000000999. The predicted molar refractivity (Wildman–Crippen MR) is 611 cm³/mol. The lowest BCUT2D eigenvalue weighted by molar-refractivity contribution is 0.670. The van der Waals surface area contributed by atoms with E-state index >= 15 is 0 Å². The van der Waals surface area contributed by atoms with Crippen molar-refractivity contribution in [3.63, 3.8) is 0 Å². The van der Waals surface area contributed by atoms with Crippen LogP contribution in [-0.2, 0) is 0 Å². The van der Waals surface area contributed by atoms with Crippen molar-refractivity contribution in [2.24, 2.45) is 0 Å². The molecule has 0 saturated carbocycles. The lowest BCUT2D eigenvalue weighted by Gasteiger charge is -2.17. The Morgan fingerprint density at radius 1 is 0.164 bits per heavy atom. The van der Waals surface area contributed by atoms with Gasteiger partial charge < -0.3 is 4.42 Å². The fraction of sp³-hybridized carbons (Fsp3) is 0. The van der Waals surface area contributed by atoms with Crippen LogP contribution in [0.3, 0.4) is 0 Å². The summed E-state index contributed by atoms with van der Waals surface area (Å²) in [5.41, 5.74) is 31.3. The third-order valence-corrected chi connectivity index (χ3v) is 30.7. The van der Waals surface area contributed by atoms with Crippen molar-refractivity contribution in [2.45, 2.75) is 0 Å². The zero-order valence-corrected chi connectivity index (χ0v) is 78.5. The van der Waals surface area contributed by atoms with E-state index in [4.69, 9.17) is 34.3 Å². The highest BCUT2D eigenvalue weighted by molar-refractivity contribution is 6.34. The summed E-state index contributed by atoms with van der Waals surface area (Å²) in [5, 5.41) is 33.9. The molecule has 10 nitrogen and oxygen atoms in total. The van der Waals surface area contributed by atoms with Gasteiger partial charge in [-0.1, -0.05) is 334 Å². The van der Waals surface area contributed by atoms with E-state index in [0.717, 1.165) is 187 Å². The van der Waals surface area contributed by atoms with Crippen molar-refractivity contribution < 1.29 is 4.42 Å². The first-order valence-electron chi connectivity index (χ1n) is 49.7. The van der Waals surface area contributed by atoms with Crippen LogP contribution in [0.4, 0.5) is 0 Å². The molecule has 10 aromatic heterocycles. The highest BCUT2D eigenvalue weighted by Gasteiger charge is 2.26. The van der Waals surface area contributed by atoms with Crippen molar-refractivity contribution >= 4 is 245 Å². The Morgan fingerprint density at radius 3 is 0.918 bits per heavy atom. The van der Waals surface area contributed by atoms with Gasteiger partial charge in [0.15, 0.2) is 0 Å². The normalized spacial score (nSPS) is 12.1. The molecule has 0 unspecified atom stereocenters. The Kier molecular flexibility index (Phi) is 17.8. The molecule has 0 saturated heterocycles. The monoisotopic (exact) mass is 1850 g/mol. The average Bonchev–Trinajstić information content (AvgIpc) is 1.50. The van der Waals surface area contributed by atoms with Gasteiger partial charge in [0.25, 0.3) is 0 Å². The molecule has 0 aliphatic heterocycles. The van der Waals surface area contributed by atoms with Crippen LogP contribution in [0.2, 0.25) is 0 Å². The van der Waals surface area contributed by atoms with E-state index in [0.29, 0.717) is 0 Å². The number of benzene rings is 23. The van der Waals surface area contributed by atoms with Gasteiger partial charge in [0, 0.05) is 99.6 Å². The van der Waals surface area contributed by atoms with Crippen LogP contribution in [-0.4, -0.2) is 43.1 Å². The molecule has 146 heavy (non-hydrogen) atoms. The lowest BCUT2D eigenvalue weighted by Crippen LogP contribution is -1.94. The summed E-state index contributed by atoms with van der Waals surface area (Å²) in [4.78, 5) is 30.1. The summed E-state index contributed by atoms with van der Waals surface area (Å²) >= 11 is 0. The lowest BCUT2D eigenvalue weighted by atomic mass is 9.87. The van der Waals surface area contributed by atoms with Gasteiger partial charge in [0.05, 0.1) is 66.2 Å². The molecule has 0 fully saturated rings. The minimum Gasteiger partial charge on any atom is -0.455 e. The fourth-order valence-electron chi connectivity index (χ4n) is 24.2. The quantitative estimate of drug-likeness (QED) is 0.153. The van der Waals surface area contributed by atoms with Gasteiger partial charge in [-0.2, -0.15) is 0 Å². The number of hydrogen-bond donors (Lipinski definition) is 0. The van der Waals surface area contributed by atoms with E-state index in [9.17, 15) is 0 Å². The molecule has 0 aliphatic rings. The molecular weight excluding hydrogens is 1780 g/mol. The molecule has 33 rings (SSSR count). The topological polar surface area (TPSA) is 104 Å². The largest absolute Gasteiger partial charge is 0.455 e. The van der Waals surface area contributed by atoms with Crippen molar-refractivity contribution in [2.75, 3.05) is 0 Å². The molecule has 0 aliphatic carbocycles. The molecule has 0 N–H and O–H groups in total. The summed E-state index contributed by atoms with van der Waals surface area (Å²) in [5.74, 6) is 0. The van der Waals surface area contributed by atoms with Crippen LogP contribution in [0.25, 0.3) is 312 Å². The summed E-state index contributed by atoms with van der Waals surface area (Å²) in [6.07, 6.45) is 5.65. The van der Waals surface area contributed by atoms with E-state index in [-0.39, 0.29) is 0 Å². The highest BCUT2D eigenvalue weighted by Crippen LogP contribution is 2.49. The molecule has 33 aromatic rings. The summed E-state index contributed by atoms with van der Waals surface area (Å²) in [6.45, 7) is 0. The number of furan rings is 1. The molecule has 10 heteroatoms. The molecule has 0 spiro atoms. The number of imidazole rings is 3. The van der Waals surface area contributed by atoms with Gasteiger partial charge in [-0.15, -0.1) is 0 Å². The van der Waals surface area contributed by atoms with Gasteiger partial charge in [-0.25, -0.2) is 15.0 Å². The Morgan fingerprint density at radius 2 is 0.473 bits per heavy atom. The summed E-state index contributed by atoms with van der Waals surface area (Å²) in [7, 11) is 0. The first-order valence-corrected chi connectivity index (χ1v) is 49.7. The van der Waals surface area contributed by atoms with Crippen molar-refractivity contribution in [1.82, 2.24) is 43.1 Å². The van der Waals surface area contributed by atoms with Crippen LogP contribution >= 0.6 is 0 Å². The zero-order valence-electron chi connectivity index (χ0n) is 78.5. The molecule has 10 heterocycles. The van der Waals surface area contributed by atoms with E-state index in [2.05, 4.69) is 444 Å². The van der Waals surface area contributed by atoms with Gasteiger partial charge in [-0.05, 0) is 264 Å². The minimum atomic E-state index is 0.909. The molecule has 674 valence electrons. The zero-order chi connectivity index (χ0) is 95.5. The second kappa shape index (κ2) is 31.9. The summed E-state index contributed by atoms with van der Waals surface area (Å²) < 4.78 is 13.4. The molecule has 0 atom stereocenters. The smallest absolute Gasteiger partial charge is 0.146 e. The SMILES string of the molecule is c1cc(-c2ccc3c4c(ccc5cccnc54)c4nc5ccccc5n4c3c2)cc(-c2cc3c4ccccc4c4ccccc4c3c3ccccc23)c1.c1cc(-c2ccc3c4c(ccc5cccnc54)c4nc5ccccc5n4c3c2)cc(-c2cccc3c2oc2ccccc23)c1.c1cc(-c2ccc3c4ccccc4c4ccccc4c3c2)cc(-c2ccc3c4c(ccc5cccnc54)c4nc5ccccc5n4c3c2)c1. The van der Waals surface area contributed by atoms with Crippen LogP contribution < -0.4 is 0 Å². The fourth-order valence-corrected chi connectivity index (χ4v) is 24.2. The van der Waals surface area contributed by atoms with Gasteiger partial charge in [0.1, 0.15) is 28.1 Å². The maximum atomic E-state index is 6.38. The third kappa shape index (κ3) is 12.3. The maximum Gasteiger partial charge on any atom is 0.146 e. The second-order valence-corrected chi connectivity index (χ2v) is 38.5. The molecular formula is C136H79N9O. The van der Waals surface area contributed by atoms with Crippen molar-refractivity contribution in [3.05, 3.63) is 480 Å². The Labute approximate surface area is 833 Å². The standard InChI is InChI=1S/C50H29N3.C46H27N3.C40H23N3O/c1-2-16-36-34(14-1)35-15-3-5-18-38(35)47-39-19-6-4-17-37(39)42(29-43(36)47)33-12-9-11-31(27-33)32-23-24-40-46(28-32)53-45-21-8-7-20-44(45)52-50(53)41-25-22-30-13-10-26-51-49(30)48(40)41;1-2-14-35-33(12-1)34-13-3-4-15-36(34)40-26-31(19-21-37(35)40)29-9-7-10-30(25-29)32-20-22-38-43(27-32)49-42-17-6-5-16-41(42)48-46(49)39-23-18-28-11-8-24-47-45(28)44(38)39;1-4-16-36-29(11-1)30-13-6-12-28(39(30)44-36)27-9-5-8-25(22-27)26-18-19-31-35(23-26)43-34-15-3-2-14-33(34)42-40(43)32-20-17-24-10-7-21-41-38(24)37(31)32/h1-29H;1-27H;1-23H. The van der Waals surface area contributed by atoms with E-state index in [1.165, 1.54) is 125 Å². The first kappa shape index (κ1) is 81.2. The number of fused-ring (bicyclic) bond motifs is 47. The van der Waals surface area contributed by atoms with Crippen molar-refractivity contribution in [1.29, 1.82) is 0 Å². The number of para-hydroxylation sites is 8. The number of nitrogens with zero attached hydrogens (tertiary/aromatic N) is 9. The van der Waals surface area contributed by atoms with Crippen LogP contribution in [0, 0.1) is 0 Å². The first-order chi connectivity index (χ1) is 72.4. The van der Waals surface area contributed by atoms with Gasteiger partial charge in [0.2, 0.25) is 0 Å². The number of aromatic nitrogens is 9. The molecule has 0 radical (unpaired) electrons. The maximum absolute atomic E-state index is 6.38. The molecule has 0 amide bonds. The third-order valence-electron chi connectivity index (χ3n) is 30.7. The van der Waals surface area contributed by atoms with Gasteiger partial charge >= 0.3 is 0 Å².